The Bertz CT molecular complexity index is 696. The minimum absolute atomic E-state index is 0.190. The predicted molar refractivity (Wildman–Crippen MR) is 96.7 cm³/mol. The van der Waals surface area contributed by atoms with Gasteiger partial charge in [0.1, 0.15) is 0 Å². The van der Waals surface area contributed by atoms with Gasteiger partial charge >= 0.3 is 0 Å². The van der Waals surface area contributed by atoms with Crippen LogP contribution < -0.4 is 0 Å². The summed E-state index contributed by atoms with van der Waals surface area (Å²) < 4.78 is 5.26. The number of hydrogen-bond donors (Lipinski definition) is 0. The molecule has 2 atom stereocenters. The van der Waals surface area contributed by atoms with E-state index in [2.05, 4.69) is 48.5 Å². The number of methoxy groups -OCH3 is 1. The minimum Gasteiger partial charge on any atom is -0.384 e. The van der Waals surface area contributed by atoms with E-state index in [1.807, 2.05) is 24.9 Å². The number of likely N-dealkylation sites (N-methyl/N-ethyl adjacent to an activating group) is 1. The number of benzene rings is 2. The van der Waals surface area contributed by atoms with Crippen molar-refractivity contribution in [3.63, 3.8) is 0 Å². The maximum absolute atomic E-state index is 12.5. The van der Waals surface area contributed by atoms with Crippen LogP contribution in [0.15, 0.2) is 54.6 Å². The summed E-state index contributed by atoms with van der Waals surface area (Å²) >= 11 is 0. The fourth-order valence-corrected chi connectivity index (χ4v) is 3.72. The molecule has 1 aliphatic rings. The van der Waals surface area contributed by atoms with E-state index in [-0.39, 0.29) is 11.9 Å². The monoisotopic (exact) mass is 323 g/mol. The number of nitrogens with zero attached hydrogens (tertiary/aromatic N) is 1. The number of carbonyl (C=O) groups is 1. The number of ether oxygens (including phenoxy) is 1. The minimum atomic E-state index is -0.391. The highest BCUT2D eigenvalue weighted by Crippen LogP contribution is 2.36. The van der Waals surface area contributed by atoms with Gasteiger partial charge in [0, 0.05) is 20.2 Å². The summed E-state index contributed by atoms with van der Waals surface area (Å²) in [6, 6.07) is 19.3. The van der Waals surface area contributed by atoms with Crippen molar-refractivity contribution in [3.8, 4) is 11.1 Å². The van der Waals surface area contributed by atoms with E-state index in [1.165, 1.54) is 16.7 Å². The van der Waals surface area contributed by atoms with Gasteiger partial charge in [-0.15, -0.1) is 0 Å². The molecule has 3 nitrogen and oxygen atoms in total. The van der Waals surface area contributed by atoms with E-state index >= 15 is 0 Å². The van der Waals surface area contributed by atoms with Crippen LogP contribution >= 0.6 is 0 Å². The Hall–Kier alpha value is -2.13. The Kier molecular flexibility index (Phi) is 4.72. The van der Waals surface area contributed by atoms with Crippen molar-refractivity contribution in [2.24, 2.45) is 5.41 Å². The van der Waals surface area contributed by atoms with Crippen molar-refractivity contribution in [1.82, 2.24) is 4.90 Å². The standard InChI is InChI=1S/C21H25NO2/c1-21(15-24-3)14-19(22(2)20(21)23)13-16-9-11-18(12-10-16)17-7-5-4-6-8-17/h4-12,19H,13-15H2,1-3H3/t19-,21+/m1/s1. The van der Waals surface area contributed by atoms with Gasteiger partial charge in [-0.1, -0.05) is 54.6 Å². The van der Waals surface area contributed by atoms with Crippen LogP contribution in [0.2, 0.25) is 0 Å². The van der Waals surface area contributed by atoms with Gasteiger partial charge in [0.2, 0.25) is 5.91 Å². The Balaban J connectivity index is 1.72. The molecule has 0 saturated carbocycles. The zero-order valence-electron chi connectivity index (χ0n) is 14.7. The van der Waals surface area contributed by atoms with Crippen LogP contribution in [0, 0.1) is 5.41 Å². The summed E-state index contributed by atoms with van der Waals surface area (Å²) in [4.78, 5) is 14.4. The molecule has 1 aliphatic heterocycles. The smallest absolute Gasteiger partial charge is 0.230 e. The van der Waals surface area contributed by atoms with Gasteiger partial charge in [0.05, 0.1) is 12.0 Å². The van der Waals surface area contributed by atoms with Crippen molar-refractivity contribution < 1.29 is 9.53 Å². The molecule has 3 heteroatoms. The van der Waals surface area contributed by atoms with Crippen LogP contribution in [0.5, 0.6) is 0 Å². The summed E-state index contributed by atoms with van der Waals surface area (Å²) in [7, 11) is 3.57. The van der Waals surface area contributed by atoms with Gasteiger partial charge in [-0.3, -0.25) is 4.79 Å². The molecule has 1 heterocycles. The second-order valence-corrected chi connectivity index (χ2v) is 7.03. The molecule has 0 aliphatic carbocycles. The highest BCUT2D eigenvalue weighted by atomic mass is 16.5. The lowest BCUT2D eigenvalue weighted by molar-refractivity contribution is -0.137. The first-order valence-corrected chi connectivity index (χ1v) is 8.44. The summed E-state index contributed by atoms with van der Waals surface area (Å²) in [6.45, 7) is 2.49. The van der Waals surface area contributed by atoms with Crippen molar-refractivity contribution in [3.05, 3.63) is 60.2 Å². The van der Waals surface area contributed by atoms with Gasteiger partial charge in [-0.2, -0.15) is 0 Å². The van der Waals surface area contributed by atoms with Crippen LogP contribution in [0.25, 0.3) is 11.1 Å². The molecule has 2 aromatic carbocycles. The maximum Gasteiger partial charge on any atom is 0.230 e. The van der Waals surface area contributed by atoms with Crippen molar-refractivity contribution in [1.29, 1.82) is 0 Å². The second kappa shape index (κ2) is 6.78. The number of rotatable bonds is 5. The summed E-state index contributed by atoms with van der Waals surface area (Å²) in [5.74, 6) is 0.190. The molecule has 0 aromatic heterocycles. The molecule has 0 N–H and O–H groups in total. The van der Waals surface area contributed by atoms with Crippen LogP contribution in [0.4, 0.5) is 0 Å². The molecule has 0 bridgehead atoms. The Labute approximate surface area is 144 Å². The first-order valence-electron chi connectivity index (χ1n) is 8.44. The van der Waals surface area contributed by atoms with Gasteiger partial charge in [0.25, 0.3) is 0 Å². The van der Waals surface area contributed by atoms with Crippen molar-refractivity contribution in [2.75, 3.05) is 20.8 Å². The lowest BCUT2D eigenvalue weighted by atomic mass is 9.86. The number of carbonyl (C=O) groups excluding carboxylic acids is 1. The van der Waals surface area contributed by atoms with Crippen LogP contribution in [-0.2, 0) is 16.0 Å². The average molecular weight is 323 g/mol. The fraction of sp³-hybridized carbons (Fsp3) is 0.381. The lowest BCUT2D eigenvalue weighted by Crippen LogP contribution is -2.35. The highest BCUT2D eigenvalue weighted by Gasteiger charge is 2.46. The number of hydrogen-bond acceptors (Lipinski definition) is 2. The first kappa shape index (κ1) is 16.7. The molecule has 126 valence electrons. The molecule has 2 aromatic rings. The molecular formula is C21H25NO2. The largest absolute Gasteiger partial charge is 0.384 e. The SMILES string of the molecule is COC[C@]1(C)C[C@@H](Cc2ccc(-c3ccccc3)cc2)N(C)C1=O. The van der Waals surface area contributed by atoms with E-state index in [1.54, 1.807) is 7.11 Å². The molecule has 0 unspecified atom stereocenters. The lowest BCUT2D eigenvalue weighted by Gasteiger charge is -2.20. The Morgan fingerprint density at radius 1 is 1.08 bits per heavy atom. The second-order valence-electron chi connectivity index (χ2n) is 7.03. The van der Waals surface area contributed by atoms with E-state index in [0.717, 1.165) is 12.8 Å². The van der Waals surface area contributed by atoms with Crippen LogP contribution in [0.3, 0.4) is 0 Å². The van der Waals surface area contributed by atoms with Gasteiger partial charge < -0.3 is 9.64 Å². The van der Waals surface area contributed by atoms with Gasteiger partial charge in [-0.05, 0) is 36.5 Å². The molecule has 1 amide bonds. The quantitative estimate of drug-likeness (QED) is 0.838. The maximum atomic E-state index is 12.5. The summed E-state index contributed by atoms with van der Waals surface area (Å²) in [6.07, 6.45) is 1.73. The third-order valence-electron chi connectivity index (χ3n) is 5.07. The van der Waals surface area contributed by atoms with Crippen molar-refractivity contribution in [2.45, 2.75) is 25.8 Å². The predicted octanol–water partition coefficient (Wildman–Crippen LogP) is 3.78. The van der Waals surface area contributed by atoms with E-state index in [4.69, 9.17) is 4.74 Å². The topological polar surface area (TPSA) is 29.5 Å². The number of amides is 1. The molecule has 1 fully saturated rings. The van der Waals surface area contributed by atoms with Crippen LogP contribution in [-0.4, -0.2) is 37.6 Å². The fourth-order valence-electron chi connectivity index (χ4n) is 3.72. The molecule has 0 radical (unpaired) electrons. The molecule has 24 heavy (non-hydrogen) atoms. The molecular weight excluding hydrogens is 298 g/mol. The van der Waals surface area contributed by atoms with Gasteiger partial charge in [-0.25, -0.2) is 0 Å². The summed E-state index contributed by atoms with van der Waals surface area (Å²) in [5, 5.41) is 0. The number of likely N-dealkylation sites (tertiary alicyclic amines) is 1. The normalized spacial score (nSPS) is 23.7. The molecule has 0 spiro atoms. The zero-order valence-corrected chi connectivity index (χ0v) is 14.7. The third-order valence-corrected chi connectivity index (χ3v) is 5.07. The van der Waals surface area contributed by atoms with Gasteiger partial charge in [0.15, 0.2) is 0 Å². The summed E-state index contributed by atoms with van der Waals surface area (Å²) in [5.41, 5.74) is 3.32. The average Bonchev–Trinajstić information content (AvgIpc) is 2.81. The highest BCUT2D eigenvalue weighted by molar-refractivity contribution is 5.85. The van der Waals surface area contributed by atoms with E-state index in [0.29, 0.717) is 6.61 Å². The third kappa shape index (κ3) is 3.22. The van der Waals surface area contributed by atoms with Crippen molar-refractivity contribution >= 4 is 5.91 Å². The van der Waals surface area contributed by atoms with Crippen LogP contribution in [0.1, 0.15) is 18.9 Å². The van der Waals surface area contributed by atoms with E-state index < -0.39 is 5.41 Å². The molecule has 3 rings (SSSR count). The molecule has 1 saturated heterocycles. The van der Waals surface area contributed by atoms with E-state index in [9.17, 15) is 4.79 Å². The first-order chi connectivity index (χ1) is 11.5. The Morgan fingerprint density at radius 2 is 1.71 bits per heavy atom. The Morgan fingerprint density at radius 3 is 2.33 bits per heavy atom. The zero-order chi connectivity index (χ0) is 17.2.